The number of hydrogen-bond donors (Lipinski definition) is 1. The molecule has 4 aromatic rings. The molecule has 1 amide bonds. The highest BCUT2D eigenvalue weighted by atomic mass is 35.5. The summed E-state index contributed by atoms with van der Waals surface area (Å²) in [5, 5.41) is 11.7. The molecule has 124 valence electrons. The summed E-state index contributed by atoms with van der Waals surface area (Å²) in [7, 11) is 0. The standard InChI is InChI=1S/C16H12ClN7O/c17-12-4-1-3-11(7-12)9-23-10-19-16(22-23)20-15(25)13-8-14-18-5-2-6-24(14)21-13/h1-8,10H,9H2,(H,20,22,25). The Balaban J connectivity index is 1.47. The lowest BCUT2D eigenvalue weighted by molar-refractivity contribution is 0.102. The van der Waals surface area contributed by atoms with Crippen LogP contribution in [0.3, 0.4) is 0 Å². The summed E-state index contributed by atoms with van der Waals surface area (Å²) in [6.45, 7) is 0.502. The maximum absolute atomic E-state index is 12.3. The predicted octanol–water partition coefficient (Wildman–Crippen LogP) is 2.27. The smallest absolute Gasteiger partial charge is 0.278 e. The molecule has 3 heterocycles. The lowest BCUT2D eigenvalue weighted by Gasteiger charge is -2.01. The molecule has 0 aliphatic carbocycles. The molecule has 0 unspecified atom stereocenters. The first-order valence-electron chi connectivity index (χ1n) is 7.43. The number of fused-ring (bicyclic) bond motifs is 1. The Labute approximate surface area is 147 Å². The van der Waals surface area contributed by atoms with Gasteiger partial charge in [0, 0.05) is 23.5 Å². The van der Waals surface area contributed by atoms with Crippen molar-refractivity contribution in [3.05, 3.63) is 71.4 Å². The summed E-state index contributed by atoms with van der Waals surface area (Å²) in [4.78, 5) is 20.5. The Morgan fingerprint density at radius 2 is 2.08 bits per heavy atom. The maximum atomic E-state index is 12.3. The van der Waals surface area contributed by atoms with Gasteiger partial charge in [0.15, 0.2) is 11.3 Å². The molecule has 0 bridgehead atoms. The third-order valence-corrected chi connectivity index (χ3v) is 3.70. The van der Waals surface area contributed by atoms with Gasteiger partial charge >= 0.3 is 0 Å². The number of hydrogen-bond acceptors (Lipinski definition) is 5. The van der Waals surface area contributed by atoms with E-state index in [1.165, 1.54) is 4.52 Å². The second-order valence-corrected chi connectivity index (χ2v) is 5.74. The fraction of sp³-hybridized carbons (Fsp3) is 0.0625. The highest BCUT2D eigenvalue weighted by Gasteiger charge is 2.13. The Morgan fingerprint density at radius 1 is 1.16 bits per heavy atom. The number of carbonyl (C=O) groups is 1. The Kier molecular flexibility index (Phi) is 3.87. The van der Waals surface area contributed by atoms with Crippen molar-refractivity contribution in [3.8, 4) is 0 Å². The van der Waals surface area contributed by atoms with Gasteiger partial charge in [-0.1, -0.05) is 23.7 Å². The second kappa shape index (κ2) is 6.33. The highest BCUT2D eigenvalue weighted by Crippen LogP contribution is 2.12. The molecule has 1 aromatic carbocycles. The number of aromatic nitrogens is 6. The third-order valence-electron chi connectivity index (χ3n) is 3.46. The van der Waals surface area contributed by atoms with Gasteiger partial charge in [-0.25, -0.2) is 19.2 Å². The molecule has 8 nitrogen and oxygen atoms in total. The Morgan fingerprint density at radius 3 is 2.92 bits per heavy atom. The van der Waals surface area contributed by atoms with Gasteiger partial charge in [0.2, 0.25) is 5.95 Å². The Hall–Kier alpha value is -3.26. The fourth-order valence-corrected chi connectivity index (χ4v) is 2.57. The minimum absolute atomic E-state index is 0.206. The zero-order valence-corrected chi connectivity index (χ0v) is 13.6. The molecule has 0 spiro atoms. The average molecular weight is 354 g/mol. The summed E-state index contributed by atoms with van der Waals surface area (Å²) in [5.41, 5.74) is 1.82. The molecule has 3 aromatic heterocycles. The van der Waals surface area contributed by atoms with E-state index >= 15 is 0 Å². The van der Waals surface area contributed by atoms with E-state index < -0.39 is 5.91 Å². The van der Waals surface area contributed by atoms with Crippen molar-refractivity contribution < 1.29 is 4.79 Å². The molecule has 4 rings (SSSR count). The van der Waals surface area contributed by atoms with E-state index in [-0.39, 0.29) is 11.6 Å². The topological polar surface area (TPSA) is 90.0 Å². The molecular weight excluding hydrogens is 342 g/mol. The van der Waals surface area contributed by atoms with Crippen molar-refractivity contribution in [2.45, 2.75) is 6.54 Å². The molecule has 1 N–H and O–H groups in total. The Bertz CT molecular complexity index is 1020. The van der Waals surface area contributed by atoms with Gasteiger partial charge in [-0.15, -0.1) is 5.10 Å². The first-order valence-corrected chi connectivity index (χ1v) is 7.81. The van der Waals surface area contributed by atoms with E-state index in [4.69, 9.17) is 11.6 Å². The van der Waals surface area contributed by atoms with E-state index in [1.807, 2.05) is 24.3 Å². The van der Waals surface area contributed by atoms with Crippen LogP contribution < -0.4 is 5.32 Å². The molecule has 0 aliphatic rings. The van der Waals surface area contributed by atoms with Crippen LogP contribution >= 0.6 is 11.6 Å². The molecule has 0 fully saturated rings. The number of nitrogens with zero attached hydrogens (tertiary/aromatic N) is 6. The van der Waals surface area contributed by atoms with Gasteiger partial charge in [-0.2, -0.15) is 5.10 Å². The van der Waals surface area contributed by atoms with Crippen LogP contribution in [0.2, 0.25) is 5.02 Å². The maximum Gasteiger partial charge on any atom is 0.278 e. The van der Waals surface area contributed by atoms with Gasteiger partial charge in [-0.3, -0.25) is 10.1 Å². The van der Waals surface area contributed by atoms with E-state index in [0.717, 1.165) is 5.56 Å². The van der Waals surface area contributed by atoms with E-state index in [9.17, 15) is 4.79 Å². The van der Waals surface area contributed by atoms with Crippen molar-refractivity contribution in [3.63, 3.8) is 0 Å². The molecule has 0 saturated carbocycles. The predicted molar refractivity (Wildman–Crippen MR) is 91.5 cm³/mol. The van der Waals surface area contributed by atoms with Gasteiger partial charge in [-0.05, 0) is 23.8 Å². The van der Waals surface area contributed by atoms with Crippen LogP contribution in [0.4, 0.5) is 5.95 Å². The number of carbonyl (C=O) groups excluding carboxylic acids is 1. The van der Waals surface area contributed by atoms with Crippen LogP contribution in [0.15, 0.2) is 55.1 Å². The van der Waals surface area contributed by atoms with Crippen molar-refractivity contribution in [1.82, 2.24) is 29.4 Å². The van der Waals surface area contributed by atoms with Crippen molar-refractivity contribution >= 4 is 29.1 Å². The number of benzene rings is 1. The van der Waals surface area contributed by atoms with E-state index in [2.05, 4.69) is 25.5 Å². The van der Waals surface area contributed by atoms with Gasteiger partial charge < -0.3 is 0 Å². The molecule has 0 atom stereocenters. The first kappa shape index (κ1) is 15.3. The molecule has 0 aliphatic heterocycles. The van der Waals surface area contributed by atoms with Gasteiger partial charge in [0.25, 0.3) is 5.91 Å². The number of halogens is 1. The first-order chi connectivity index (χ1) is 12.2. The average Bonchev–Trinajstić information content (AvgIpc) is 3.21. The summed E-state index contributed by atoms with van der Waals surface area (Å²) >= 11 is 5.97. The van der Waals surface area contributed by atoms with Crippen LogP contribution in [0, 0.1) is 0 Å². The van der Waals surface area contributed by atoms with Crippen LogP contribution in [0.1, 0.15) is 16.1 Å². The zero-order chi connectivity index (χ0) is 17.2. The summed E-state index contributed by atoms with van der Waals surface area (Å²) in [5.74, 6) is -0.192. The van der Waals surface area contributed by atoms with Gasteiger partial charge in [0.1, 0.15) is 6.33 Å². The van der Waals surface area contributed by atoms with Gasteiger partial charge in [0.05, 0.1) is 6.54 Å². The molecule has 0 saturated heterocycles. The van der Waals surface area contributed by atoms with E-state index in [1.54, 1.807) is 35.5 Å². The summed E-state index contributed by atoms with van der Waals surface area (Å²) in [6.07, 6.45) is 4.90. The van der Waals surface area contributed by atoms with Crippen LogP contribution in [-0.4, -0.2) is 35.3 Å². The number of anilines is 1. The normalized spacial score (nSPS) is 10.9. The second-order valence-electron chi connectivity index (χ2n) is 5.30. The monoisotopic (exact) mass is 353 g/mol. The lowest BCUT2D eigenvalue weighted by atomic mass is 10.2. The molecule has 9 heteroatoms. The van der Waals surface area contributed by atoms with Crippen molar-refractivity contribution in [2.75, 3.05) is 5.32 Å². The minimum atomic E-state index is -0.397. The quantitative estimate of drug-likeness (QED) is 0.608. The minimum Gasteiger partial charge on any atom is -0.288 e. The SMILES string of the molecule is O=C(Nc1ncn(Cc2cccc(Cl)c2)n1)c1cc2ncccn2n1. The van der Waals surface area contributed by atoms with Crippen molar-refractivity contribution in [2.24, 2.45) is 0 Å². The molecule has 25 heavy (non-hydrogen) atoms. The summed E-state index contributed by atoms with van der Waals surface area (Å²) < 4.78 is 3.15. The number of nitrogens with one attached hydrogen (secondary N) is 1. The molecule has 0 radical (unpaired) electrons. The van der Waals surface area contributed by atoms with Crippen LogP contribution in [-0.2, 0) is 6.54 Å². The largest absolute Gasteiger partial charge is 0.288 e. The molecular formula is C16H12ClN7O. The zero-order valence-electron chi connectivity index (χ0n) is 12.9. The number of rotatable bonds is 4. The lowest BCUT2D eigenvalue weighted by Crippen LogP contribution is -2.14. The number of amides is 1. The van der Waals surface area contributed by atoms with Crippen LogP contribution in [0.25, 0.3) is 5.65 Å². The van der Waals surface area contributed by atoms with Crippen molar-refractivity contribution in [1.29, 1.82) is 0 Å². The third kappa shape index (κ3) is 3.33. The van der Waals surface area contributed by atoms with Crippen LogP contribution in [0.5, 0.6) is 0 Å². The fourth-order valence-electron chi connectivity index (χ4n) is 2.36. The van der Waals surface area contributed by atoms with E-state index in [0.29, 0.717) is 17.2 Å². The highest BCUT2D eigenvalue weighted by molar-refractivity contribution is 6.30. The summed E-state index contributed by atoms with van der Waals surface area (Å²) in [6, 6.07) is 10.8.